The minimum atomic E-state index is 0. The third-order valence-electron chi connectivity index (χ3n) is 0. The van der Waals surface area contributed by atoms with Gasteiger partial charge in [0.15, 0.2) is 0 Å². The van der Waals surface area contributed by atoms with Gasteiger partial charge in [0.2, 0.25) is 0 Å². The van der Waals surface area contributed by atoms with E-state index in [2.05, 4.69) is 27.0 Å². The predicted molar refractivity (Wildman–Crippen MR) is 36.9 cm³/mol. The van der Waals surface area contributed by atoms with Crippen LogP contribution in [0, 0.1) is 13.8 Å². The molecule has 0 saturated carbocycles. The molecule has 0 radical (unpaired) electrons. The van der Waals surface area contributed by atoms with Gasteiger partial charge in [0.25, 0.3) is 0 Å². The van der Waals surface area contributed by atoms with Gasteiger partial charge in [-0.25, -0.2) is 39.2 Å². The van der Waals surface area contributed by atoms with Crippen LogP contribution in [0.1, 0.15) is 0 Å². The van der Waals surface area contributed by atoms with E-state index < -0.39 is 0 Å². The molecule has 0 aromatic carbocycles. The van der Waals surface area contributed by atoms with Gasteiger partial charge >= 0.3 is 37.7 Å². The normalized spacial score (nSPS) is 3.43. The molecule has 0 unspecified atom stereocenters. The topological polar surface area (TPSA) is 0 Å². The molecule has 0 nitrogen and oxygen atoms in total. The number of hydrogen-bond donors (Lipinski definition) is 0. The standard InChI is InChI=1S/2C3H5.Ca/c2*1-3-2;/h2*3H,1-2H2;/q2*-1;+2. The minimum absolute atomic E-state index is 0. The summed E-state index contributed by atoms with van der Waals surface area (Å²) in [5.41, 5.74) is 0. The maximum absolute atomic E-state index is 3.25. The van der Waals surface area contributed by atoms with Crippen molar-refractivity contribution in [2.24, 2.45) is 0 Å². The Morgan fingerprint density at radius 3 is 1.00 bits per heavy atom. The van der Waals surface area contributed by atoms with Crippen LogP contribution in [0.25, 0.3) is 0 Å². The number of rotatable bonds is 0. The number of hydrogen-bond acceptors (Lipinski definition) is 0. The minimum Gasteiger partial charge on any atom is -0.245 e. The summed E-state index contributed by atoms with van der Waals surface area (Å²) in [5.74, 6) is 0. The molecule has 1 heteroatoms. The van der Waals surface area contributed by atoms with Crippen LogP contribution >= 0.6 is 0 Å². The van der Waals surface area contributed by atoms with Crippen LogP contribution in [0.2, 0.25) is 0 Å². The Hall–Kier alpha value is 0.480. The second-order valence-electron chi connectivity index (χ2n) is 0.577. The first-order valence-corrected chi connectivity index (χ1v) is 1.63. The average Bonchev–Trinajstić information content (AvgIpc) is 1.39. The van der Waals surface area contributed by atoms with E-state index in [1.54, 1.807) is 0 Å². The first-order chi connectivity index (χ1) is 2.83. The average molecular weight is 122 g/mol. The summed E-state index contributed by atoms with van der Waals surface area (Å²) in [7, 11) is 0. The zero-order valence-corrected chi connectivity index (χ0v) is 6.90. The van der Waals surface area contributed by atoms with Crippen molar-refractivity contribution in [3.63, 3.8) is 0 Å². The Morgan fingerprint density at radius 2 is 1.00 bits per heavy atom. The van der Waals surface area contributed by atoms with E-state index in [-0.39, 0.29) is 37.7 Å². The molecule has 0 spiro atoms. The molecule has 7 heavy (non-hydrogen) atoms. The van der Waals surface area contributed by atoms with Crippen molar-refractivity contribution in [2.75, 3.05) is 0 Å². The summed E-state index contributed by atoms with van der Waals surface area (Å²) in [6.07, 6.45) is 3.00. The monoisotopic (exact) mass is 122 g/mol. The predicted octanol–water partition coefficient (Wildman–Crippen LogP) is 1.63. The molecule has 0 atom stereocenters. The number of allylic oxidation sites excluding steroid dienone is 2. The molecule has 0 amide bonds. The maximum Gasteiger partial charge on any atom is 2.00 e. The summed E-state index contributed by atoms with van der Waals surface area (Å²) in [4.78, 5) is 0. The van der Waals surface area contributed by atoms with Crippen LogP contribution in [-0.4, -0.2) is 37.7 Å². The summed E-state index contributed by atoms with van der Waals surface area (Å²) >= 11 is 0. The van der Waals surface area contributed by atoms with E-state index in [0.717, 1.165) is 0 Å². The molecular weight excluding hydrogens is 112 g/mol. The van der Waals surface area contributed by atoms with Crippen LogP contribution in [0.15, 0.2) is 25.3 Å². The van der Waals surface area contributed by atoms with Crippen molar-refractivity contribution in [3.8, 4) is 0 Å². The van der Waals surface area contributed by atoms with Gasteiger partial charge < -0.3 is 0 Å². The smallest absolute Gasteiger partial charge is 0.245 e. The fourth-order valence-electron chi connectivity index (χ4n) is 0. The molecular formula is C6H10Ca. The fraction of sp³-hybridized carbons (Fsp3) is 0. The van der Waals surface area contributed by atoms with E-state index in [9.17, 15) is 0 Å². The molecule has 0 saturated heterocycles. The molecule has 0 heterocycles. The third-order valence-corrected chi connectivity index (χ3v) is 0. The van der Waals surface area contributed by atoms with Gasteiger partial charge in [-0.15, -0.1) is 0 Å². The van der Waals surface area contributed by atoms with Crippen molar-refractivity contribution in [2.45, 2.75) is 0 Å². The molecule has 0 bridgehead atoms. The summed E-state index contributed by atoms with van der Waals surface area (Å²) < 4.78 is 0. The molecule has 0 aliphatic carbocycles. The van der Waals surface area contributed by atoms with Crippen LogP contribution in [0.3, 0.4) is 0 Å². The Bertz CT molecular complexity index is 25.2. The van der Waals surface area contributed by atoms with Gasteiger partial charge in [0, 0.05) is 0 Å². The van der Waals surface area contributed by atoms with Crippen LogP contribution in [0.4, 0.5) is 0 Å². The van der Waals surface area contributed by atoms with E-state index in [1.165, 1.54) is 12.2 Å². The molecule has 0 aromatic rings. The zero-order chi connectivity index (χ0) is 5.41. The molecule has 0 aromatic heterocycles. The van der Waals surface area contributed by atoms with Gasteiger partial charge in [-0.05, 0) is 0 Å². The Labute approximate surface area is 76.3 Å². The molecule has 0 aliphatic heterocycles. The van der Waals surface area contributed by atoms with E-state index in [4.69, 9.17) is 0 Å². The van der Waals surface area contributed by atoms with Gasteiger partial charge in [-0.2, -0.15) is 0 Å². The third kappa shape index (κ3) is 565. The zero-order valence-electron chi connectivity index (χ0n) is 4.69. The van der Waals surface area contributed by atoms with Crippen LogP contribution < -0.4 is 0 Å². The van der Waals surface area contributed by atoms with Crippen molar-refractivity contribution in [3.05, 3.63) is 39.2 Å². The SMILES string of the molecule is C=C[CH2-].C=C[CH2-].[Ca+2]. The van der Waals surface area contributed by atoms with E-state index in [0.29, 0.717) is 0 Å². The first-order valence-electron chi connectivity index (χ1n) is 1.63. The van der Waals surface area contributed by atoms with Crippen LogP contribution in [-0.2, 0) is 0 Å². The van der Waals surface area contributed by atoms with Gasteiger partial charge in [0.05, 0.1) is 0 Å². The quantitative estimate of drug-likeness (QED) is 0.338. The van der Waals surface area contributed by atoms with E-state index in [1.807, 2.05) is 0 Å². The molecule has 0 fully saturated rings. The molecule has 36 valence electrons. The maximum atomic E-state index is 3.25. The van der Waals surface area contributed by atoms with E-state index >= 15 is 0 Å². The molecule has 0 aliphatic rings. The Morgan fingerprint density at radius 1 is 1.00 bits per heavy atom. The second-order valence-corrected chi connectivity index (χ2v) is 0.577. The summed E-state index contributed by atoms with van der Waals surface area (Å²) in [6.45, 7) is 13.0. The Kier molecular flexibility index (Phi) is 70.7. The first kappa shape index (κ1) is 15.6. The van der Waals surface area contributed by atoms with Crippen molar-refractivity contribution in [1.29, 1.82) is 0 Å². The van der Waals surface area contributed by atoms with Gasteiger partial charge in [0.1, 0.15) is 0 Å². The summed E-state index contributed by atoms with van der Waals surface area (Å²) in [6, 6.07) is 0. The second kappa shape index (κ2) is 31.6. The molecule has 0 rings (SSSR count). The fourth-order valence-corrected chi connectivity index (χ4v) is 0. The van der Waals surface area contributed by atoms with Crippen LogP contribution in [0.5, 0.6) is 0 Å². The molecule has 0 N–H and O–H groups in total. The van der Waals surface area contributed by atoms with Crippen molar-refractivity contribution >= 4 is 37.7 Å². The van der Waals surface area contributed by atoms with Gasteiger partial charge in [-0.3, -0.25) is 0 Å². The van der Waals surface area contributed by atoms with Crippen molar-refractivity contribution in [1.82, 2.24) is 0 Å². The van der Waals surface area contributed by atoms with Crippen molar-refractivity contribution < 1.29 is 0 Å². The summed E-state index contributed by atoms with van der Waals surface area (Å²) in [5, 5.41) is 0. The Balaban J connectivity index is -0.0000000400. The van der Waals surface area contributed by atoms with Gasteiger partial charge in [-0.1, -0.05) is 0 Å². The largest absolute Gasteiger partial charge is 2.00 e.